The number of carbonyl (C=O) groups excluding carboxylic acids is 1. The van der Waals surface area contributed by atoms with E-state index in [2.05, 4.69) is 20.5 Å². The highest BCUT2D eigenvalue weighted by Crippen LogP contribution is 2.10. The molecular formula is C16H11N5O4. The summed E-state index contributed by atoms with van der Waals surface area (Å²) < 4.78 is 0. The number of benzene rings is 2. The van der Waals surface area contributed by atoms with Crippen LogP contribution in [-0.4, -0.2) is 27.0 Å². The number of aromatic nitrogens is 2. The number of hydrogen-bond acceptors (Lipinski definition) is 6. The highest BCUT2D eigenvalue weighted by atomic mass is 16.6. The zero-order valence-electron chi connectivity index (χ0n) is 12.7. The van der Waals surface area contributed by atoms with E-state index < -0.39 is 16.4 Å². The molecule has 0 aliphatic carbocycles. The molecule has 2 N–H and O–H groups in total. The van der Waals surface area contributed by atoms with Crippen LogP contribution in [0.15, 0.2) is 58.4 Å². The van der Waals surface area contributed by atoms with Crippen molar-refractivity contribution < 1.29 is 9.72 Å². The van der Waals surface area contributed by atoms with Gasteiger partial charge >= 0.3 is 0 Å². The van der Waals surface area contributed by atoms with Crippen LogP contribution in [0.25, 0.3) is 11.0 Å². The quantitative estimate of drug-likeness (QED) is 0.424. The summed E-state index contributed by atoms with van der Waals surface area (Å²) in [5, 5.41) is 14.3. The summed E-state index contributed by atoms with van der Waals surface area (Å²) in [6.07, 6.45) is 1.30. The first-order valence-corrected chi connectivity index (χ1v) is 7.11. The van der Waals surface area contributed by atoms with Crippen molar-refractivity contribution in [2.45, 2.75) is 0 Å². The molecule has 0 saturated heterocycles. The first kappa shape index (κ1) is 16.0. The number of amides is 1. The van der Waals surface area contributed by atoms with E-state index in [4.69, 9.17) is 0 Å². The topological polar surface area (TPSA) is 130 Å². The molecule has 0 fully saturated rings. The van der Waals surface area contributed by atoms with Crippen molar-refractivity contribution in [2.75, 3.05) is 0 Å². The lowest BCUT2D eigenvalue weighted by atomic mass is 10.2. The van der Waals surface area contributed by atoms with E-state index in [9.17, 15) is 19.7 Å². The van der Waals surface area contributed by atoms with E-state index in [1.807, 2.05) is 0 Å². The fourth-order valence-electron chi connectivity index (χ4n) is 2.08. The summed E-state index contributed by atoms with van der Waals surface area (Å²) in [7, 11) is 0. The fourth-order valence-corrected chi connectivity index (χ4v) is 2.08. The molecule has 9 heteroatoms. The maximum atomic E-state index is 12.0. The van der Waals surface area contributed by atoms with Gasteiger partial charge in [0.1, 0.15) is 0 Å². The Hall–Kier alpha value is -3.88. The van der Waals surface area contributed by atoms with E-state index in [0.29, 0.717) is 16.6 Å². The Kier molecular flexibility index (Phi) is 4.29. The second-order valence-corrected chi connectivity index (χ2v) is 4.98. The van der Waals surface area contributed by atoms with Gasteiger partial charge in [0, 0.05) is 12.1 Å². The van der Waals surface area contributed by atoms with Crippen LogP contribution in [0.1, 0.15) is 16.1 Å². The number of nitrogens with zero attached hydrogens (tertiary/aromatic N) is 3. The molecule has 0 saturated carbocycles. The van der Waals surface area contributed by atoms with Gasteiger partial charge in [0.2, 0.25) is 0 Å². The maximum Gasteiger partial charge on any atom is 0.295 e. The van der Waals surface area contributed by atoms with Crippen LogP contribution >= 0.6 is 0 Å². The third-order valence-electron chi connectivity index (χ3n) is 3.30. The molecule has 25 heavy (non-hydrogen) atoms. The number of para-hydroxylation sites is 2. The highest BCUT2D eigenvalue weighted by Gasteiger charge is 2.13. The van der Waals surface area contributed by atoms with Gasteiger partial charge in [-0.25, -0.2) is 10.4 Å². The average Bonchev–Trinajstić information content (AvgIpc) is 2.61. The van der Waals surface area contributed by atoms with Gasteiger partial charge < -0.3 is 4.98 Å². The maximum absolute atomic E-state index is 12.0. The summed E-state index contributed by atoms with van der Waals surface area (Å²) in [6.45, 7) is 0. The minimum atomic E-state index is -0.759. The SMILES string of the molecule is O=C(N/N=C\c1ccc([N+](=O)[O-])cc1)c1nc2ccccc2[nH]c1=O. The second kappa shape index (κ2) is 6.71. The first-order valence-electron chi connectivity index (χ1n) is 7.11. The highest BCUT2D eigenvalue weighted by molar-refractivity contribution is 5.94. The van der Waals surface area contributed by atoms with Gasteiger partial charge in [0.15, 0.2) is 5.69 Å². The van der Waals surface area contributed by atoms with Crippen molar-refractivity contribution in [2.24, 2.45) is 5.10 Å². The number of fused-ring (bicyclic) bond motifs is 1. The van der Waals surface area contributed by atoms with E-state index in [1.165, 1.54) is 30.5 Å². The van der Waals surface area contributed by atoms with Crippen LogP contribution in [0.5, 0.6) is 0 Å². The minimum absolute atomic E-state index is 0.0481. The molecule has 2 aromatic carbocycles. The molecule has 3 rings (SSSR count). The molecule has 9 nitrogen and oxygen atoms in total. The van der Waals surface area contributed by atoms with Crippen molar-refractivity contribution in [3.8, 4) is 0 Å². The number of H-pyrrole nitrogens is 1. The molecule has 124 valence electrons. The number of hydrogen-bond donors (Lipinski definition) is 2. The Morgan fingerprint density at radius 2 is 1.92 bits per heavy atom. The monoisotopic (exact) mass is 337 g/mol. The predicted octanol–water partition coefficient (Wildman–Crippen LogP) is 1.60. The molecule has 0 atom stereocenters. The normalized spacial score (nSPS) is 10.9. The Bertz CT molecular complexity index is 1040. The molecule has 0 aliphatic heterocycles. The Morgan fingerprint density at radius 3 is 2.64 bits per heavy atom. The molecule has 1 heterocycles. The minimum Gasteiger partial charge on any atom is -0.319 e. The van der Waals surface area contributed by atoms with E-state index in [1.54, 1.807) is 24.3 Å². The summed E-state index contributed by atoms with van der Waals surface area (Å²) >= 11 is 0. The number of nitrogens with one attached hydrogen (secondary N) is 2. The van der Waals surface area contributed by atoms with Gasteiger partial charge in [-0.15, -0.1) is 0 Å². The van der Waals surface area contributed by atoms with Gasteiger partial charge in [-0.2, -0.15) is 5.10 Å². The third-order valence-corrected chi connectivity index (χ3v) is 3.30. The number of hydrazone groups is 1. The summed E-state index contributed by atoms with van der Waals surface area (Å²) in [5.41, 5.74) is 2.78. The molecule has 3 aromatic rings. The zero-order chi connectivity index (χ0) is 17.8. The van der Waals surface area contributed by atoms with Crippen molar-refractivity contribution in [3.05, 3.63) is 80.3 Å². The van der Waals surface area contributed by atoms with Crippen LogP contribution in [0.2, 0.25) is 0 Å². The van der Waals surface area contributed by atoms with Crippen LogP contribution < -0.4 is 11.0 Å². The van der Waals surface area contributed by atoms with Gasteiger partial charge in [-0.05, 0) is 29.8 Å². The molecule has 0 spiro atoms. The van der Waals surface area contributed by atoms with Crippen LogP contribution in [-0.2, 0) is 0 Å². The first-order chi connectivity index (χ1) is 12.0. The van der Waals surface area contributed by atoms with E-state index in [0.717, 1.165) is 0 Å². The molecule has 0 unspecified atom stereocenters. The summed E-state index contributed by atoms with van der Waals surface area (Å²) in [6, 6.07) is 12.4. The lowest BCUT2D eigenvalue weighted by Gasteiger charge is -2.01. The van der Waals surface area contributed by atoms with Crippen LogP contribution in [0, 0.1) is 10.1 Å². The molecule has 1 aromatic heterocycles. The smallest absolute Gasteiger partial charge is 0.295 e. The van der Waals surface area contributed by atoms with Crippen molar-refractivity contribution >= 4 is 28.8 Å². The van der Waals surface area contributed by atoms with Gasteiger partial charge in [0.05, 0.1) is 22.2 Å². The Balaban J connectivity index is 1.75. The largest absolute Gasteiger partial charge is 0.319 e. The molecule has 1 amide bonds. The number of nitro groups is 1. The van der Waals surface area contributed by atoms with Crippen molar-refractivity contribution in [1.82, 2.24) is 15.4 Å². The number of aromatic amines is 1. The Morgan fingerprint density at radius 1 is 1.20 bits per heavy atom. The number of carbonyl (C=O) groups is 1. The predicted molar refractivity (Wildman–Crippen MR) is 90.5 cm³/mol. The van der Waals surface area contributed by atoms with Gasteiger partial charge in [-0.1, -0.05) is 12.1 Å². The Labute approximate surface area is 140 Å². The molecule has 0 radical (unpaired) electrons. The number of nitro benzene ring substituents is 1. The van der Waals surface area contributed by atoms with Crippen molar-refractivity contribution in [1.29, 1.82) is 0 Å². The number of non-ortho nitro benzene ring substituents is 1. The van der Waals surface area contributed by atoms with Crippen LogP contribution in [0.4, 0.5) is 5.69 Å². The zero-order valence-corrected chi connectivity index (χ0v) is 12.7. The van der Waals surface area contributed by atoms with Gasteiger partial charge in [-0.3, -0.25) is 19.7 Å². The average molecular weight is 337 g/mol. The third kappa shape index (κ3) is 3.55. The molecular weight excluding hydrogens is 326 g/mol. The molecule has 0 aliphatic rings. The number of rotatable bonds is 4. The van der Waals surface area contributed by atoms with Crippen molar-refractivity contribution in [3.63, 3.8) is 0 Å². The fraction of sp³-hybridized carbons (Fsp3) is 0. The van der Waals surface area contributed by atoms with Crippen LogP contribution in [0.3, 0.4) is 0 Å². The van der Waals surface area contributed by atoms with E-state index >= 15 is 0 Å². The lowest BCUT2D eigenvalue weighted by Crippen LogP contribution is -2.28. The molecule has 0 bridgehead atoms. The van der Waals surface area contributed by atoms with E-state index in [-0.39, 0.29) is 11.4 Å². The lowest BCUT2D eigenvalue weighted by molar-refractivity contribution is -0.384. The summed E-state index contributed by atoms with van der Waals surface area (Å²) in [5.74, 6) is -0.759. The standard InChI is InChI=1S/C16H11N5O4/c22-15-14(18-12-3-1-2-4-13(12)19-15)16(23)20-17-9-10-5-7-11(8-6-10)21(24)25/h1-9H,(H,19,22)(H,20,23)/b17-9-. The summed E-state index contributed by atoms with van der Waals surface area (Å²) in [4.78, 5) is 40.6. The van der Waals surface area contributed by atoms with Gasteiger partial charge in [0.25, 0.3) is 17.2 Å². The second-order valence-electron chi connectivity index (χ2n) is 4.98.